The van der Waals surface area contributed by atoms with Crippen molar-refractivity contribution in [3.63, 3.8) is 0 Å². The van der Waals surface area contributed by atoms with E-state index in [9.17, 15) is 0 Å². The summed E-state index contributed by atoms with van der Waals surface area (Å²) in [5.41, 5.74) is 9.38. The number of aromatic nitrogens is 1. The standard InChI is InChI=1S/C15H20N2S/c1-15(2,3)12-6-4-11(5-7-12)14-17-13(8-9-16)10-18-14/h4-7,10H,8-9,16H2,1-3H3. The van der Waals surface area contributed by atoms with Gasteiger partial charge in [-0.2, -0.15) is 0 Å². The summed E-state index contributed by atoms with van der Waals surface area (Å²) in [5, 5.41) is 3.18. The zero-order chi connectivity index (χ0) is 13.2. The largest absolute Gasteiger partial charge is 0.330 e. The van der Waals surface area contributed by atoms with Gasteiger partial charge >= 0.3 is 0 Å². The summed E-state index contributed by atoms with van der Waals surface area (Å²) in [4.78, 5) is 4.60. The molecule has 0 aliphatic carbocycles. The molecular weight excluding hydrogens is 240 g/mol. The van der Waals surface area contributed by atoms with Gasteiger partial charge < -0.3 is 5.73 Å². The first-order chi connectivity index (χ1) is 8.50. The smallest absolute Gasteiger partial charge is 0.123 e. The quantitative estimate of drug-likeness (QED) is 0.915. The zero-order valence-corrected chi connectivity index (χ0v) is 12.1. The summed E-state index contributed by atoms with van der Waals surface area (Å²) >= 11 is 1.69. The maximum atomic E-state index is 5.54. The monoisotopic (exact) mass is 260 g/mol. The summed E-state index contributed by atoms with van der Waals surface area (Å²) in [6, 6.07) is 8.70. The van der Waals surface area contributed by atoms with Gasteiger partial charge in [-0.1, -0.05) is 45.0 Å². The van der Waals surface area contributed by atoms with E-state index in [1.165, 1.54) is 11.1 Å². The van der Waals surface area contributed by atoms with Crippen LogP contribution in [-0.4, -0.2) is 11.5 Å². The fourth-order valence-electron chi connectivity index (χ4n) is 1.82. The van der Waals surface area contributed by atoms with Gasteiger partial charge in [-0.3, -0.25) is 0 Å². The van der Waals surface area contributed by atoms with Crippen LogP contribution in [0.25, 0.3) is 10.6 Å². The summed E-state index contributed by atoms with van der Waals surface area (Å²) in [5.74, 6) is 0. The van der Waals surface area contributed by atoms with Crippen LogP contribution in [0.2, 0.25) is 0 Å². The van der Waals surface area contributed by atoms with E-state index in [-0.39, 0.29) is 5.41 Å². The predicted molar refractivity (Wildman–Crippen MR) is 79.0 cm³/mol. The lowest BCUT2D eigenvalue weighted by Crippen LogP contribution is -2.10. The number of hydrogen-bond donors (Lipinski definition) is 1. The third-order valence-corrected chi connectivity index (χ3v) is 3.89. The molecule has 0 fully saturated rings. The van der Waals surface area contributed by atoms with E-state index < -0.39 is 0 Å². The maximum absolute atomic E-state index is 5.54. The average Bonchev–Trinajstić information content (AvgIpc) is 2.77. The molecule has 1 heterocycles. The number of thiazole rings is 1. The number of nitrogens with zero attached hydrogens (tertiary/aromatic N) is 1. The molecule has 0 atom stereocenters. The third-order valence-electron chi connectivity index (χ3n) is 2.95. The molecule has 0 saturated carbocycles. The molecule has 0 unspecified atom stereocenters. The minimum atomic E-state index is 0.201. The van der Waals surface area contributed by atoms with E-state index in [0.29, 0.717) is 6.54 Å². The molecule has 0 aliphatic rings. The minimum absolute atomic E-state index is 0.201. The van der Waals surface area contributed by atoms with Crippen molar-refractivity contribution >= 4 is 11.3 Å². The van der Waals surface area contributed by atoms with Crippen molar-refractivity contribution in [3.05, 3.63) is 40.9 Å². The number of rotatable bonds is 3. The summed E-state index contributed by atoms with van der Waals surface area (Å²) in [6.07, 6.45) is 0.858. The summed E-state index contributed by atoms with van der Waals surface area (Å²) < 4.78 is 0. The average molecular weight is 260 g/mol. The van der Waals surface area contributed by atoms with Crippen LogP contribution in [-0.2, 0) is 11.8 Å². The molecule has 96 valence electrons. The van der Waals surface area contributed by atoms with Crippen LogP contribution in [0.4, 0.5) is 0 Å². The highest BCUT2D eigenvalue weighted by Crippen LogP contribution is 2.27. The van der Waals surface area contributed by atoms with Crippen molar-refractivity contribution in [2.45, 2.75) is 32.6 Å². The van der Waals surface area contributed by atoms with Gasteiger partial charge in [0, 0.05) is 17.4 Å². The minimum Gasteiger partial charge on any atom is -0.330 e. The molecule has 3 heteroatoms. The highest BCUT2D eigenvalue weighted by atomic mass is 32.1. The topological polar surface area (TPSA) is 38.9 Å². The van der Waals surface area contributed by atoms with Gasteiger partial charge in [0.15, 0.2) is 0 Å². The second-order valence-electron chi connectivity index (χ2n) is 5.51. The Morgan fingerprint density at radius 1 is 1.17 bits per heavy atom. The first-order valence-corrected chi connectivity index (χ1v) is 7.14. The van der Waals surface area contributed by atoms with Crippen LogP contribution in [0, 0.1) is 0 Å². The lowest BCUT2D eigenvalue weighted by molar-refractivity contribution is 0.590. The summed E-state index contributed by atoms with van der Waals surface area (Å²) in [7, 11) is 0. The molecule has 1 aromatic heterocycles. The Labute approximate surface area is 113 Å². The van der Waals surface area contributed by atoms with Crippen molar-refractivity contribution < 1.29 is 0 Å². The Hall–Kier alpha value is -1.19. The first-order valence-electron chi connectivity index (χ1n) is 6.26. The normalized spacial score (nSPS) is 11.8. The van der Waals surface area contributed by atoms with Gasteiger partial charge in [-0.25, -0.2) is 4.98 Å². The van der Waals surface area contributed by atoms with E-state index in [4.69, 9.17) is 5.73 Å². The van der Waals surface area contributed by atoms with E-state index >= 15 is 0 Å². The fraction of sp³-hybridized carbons (Fsp3) is 0.400. The molecule has 18 heavy (non-hydrogen) atoms. The van der Waals surface area contributed by atoms with Crippen molar-refractivity contribution in [2.24, 2.45) is 5.73 Å². The molecule has 0 radical (unpaired) electrons. The number of nitrogens with two attached hydrogens (primary N) is 1. The van der Waals surface area contributed by atoms with E-state index in [2.05, 4.69) is 55.4 Å². The van der Waals surface area contributed by atoms with Crippen LogP contribution in [0.3, 0.4) is 0 Å². The maximum Gasteiger partial charge on any atom is 0.123 e. The lowest BCUT2D eigenvalue weighted by atomic mass is 9.87. The fourth-order valence-corrected chi connectivity index (χ4v) is 2.68. The van der Waals surface area contributed by atoms with E-state index in [1.807, 2.05) is 0 Å². The van der Waals surface area contributed by atoms with Crippen LogP contribution >= 0.6 is 11.3 Å². The second-order valence-corrected chi connectivity index (χ2v) is 6.37. The van der Waals surface area contributed by atoms with Crippen molar-refractivity contribution in [3.8, 4) is 10.6 Å². The summed E-state index contributed by atoms with van der Waals surface area (Å²) in [6.45, 7) is 7.34. The van der Waals surface area contributed by atoms with Crippen LogP contribution in [0.5, 0.6) is 0 Å². The molecule has 0 aliphatic heterocycles. The molecule has 2 aromatic rings. The van der Waals surface area contributed by atoms with Crippen molar-refractivity contribution in [2.75, 3.05) is 6.54 Å². The van der Waals surface area contributed by atoms with Gasteiger partial charge in [0.05, 0.1) is 5.69 Å². The Bertz CT molecular complexity index is 506. The van der Waals surface area contributed by atoms with Crippen LogP contribution in [0.15, 0.2) is 29.6 Å². The SMILES string of the molecule is CC(C)(C)c1ccc(-c2nc(CCN)cs2)cc1. The van der Waals surface area contributed by atoms with Gasteiger partial charge in [-0.15, -0.1) is 11.3 Å². The van der Waals surface area contributed by atoms with Crippen LogP contribution in [0.1, 0.15) is 32.0 Å². The number of benzene rings is 1. The van der Waals surface area contributed by atoms with E-state index in [0.717, 1.165) is 17.1 Å². The third kappa shape index (κ3) is 2.98. The van der Waals surface area contributed by atoms with Gasteiger partial charge in [-0.05, 0) is 17.5 Å². The Morgan fingerprint density at radius 3 is 2.39 bits per heavy atom. The molecule has 2 N–H and O–H groups in total. The molecule has 1 aromatic carbocycles. The molecule has 0 saturated heterocycles. The molecule has 0 amide bonds. The van der Waals surface area contributed by atoms with Crippen molar-refractivity contribution in [1.29, 1.82) is 0 Å². The Morgan fingerprint density at radius 2 is 1.83 bits per heavy atom. The second kappa shape index (κ2) is 5.21. The van der Waals surface area contributed by atoms with Gasteiger partial charge in [0.2, 0.25) is 0 Å². The molecule has 2 rings (SSSR count). The Kier molecular flexibility index (Phi) is 3.83. The molecule has 0 bridgehead atoms. The predicted octanol–water partition coefficient (Wildman–Crippen LogP) is 3.61. The van der Waals surface area contributed by atoms with Crippen molar-refractivity contribution in [1.82, 2.24) is 4.98 Å². The lowest BCUT2D eigenvalue weighted by Gasteiger charge is -2.18. The molecular formula is C15H20N2S. The number of hydrogen-bond acceptors (Lipinski definition) is 3. The highest BCUT2D eigenvalue weighted by molar-refractivity contribution is 7.13. The van der Waals surface area contributed by atoms with Gasteiger partial charge in [0.25, 0.3) is 0 Å². The molecule has 0 spiro atoms. The first kappa shape index (κ1) is 13.2. The highest BCUT2D eigenvalue weighted by Gasteiger charge is 2.13. The molecule has 2 nitrogen and oxygen atoms in total. The van der Waals surface area contributed by atoms with Gasteiger partial charge in [0.1, 0.15) is 5.01 Å². The Balaban J connectivity index is 2.23. The van der Waals surface area contributed by atoms with E-state index in [1.54, 1.807) is 11.3 Å². The van der Waals surface area contributed by atoms with Crippen LogP contribution < -0.4 is 5.73 Å². The zero-order valence-electron chi connectivity index (χ0n) is 11.2.